The molecule has 1 aromatic carbocycles. The highest BCUT2D eigenvalue weighted by Gasteiger charge is 2.80. The van der Waals surface area contributed by atoms with Gasteiger partial charge in [-0.2, -0.15) is 0 Å². The van der Waals surface area contributed by atoms with Crippen molar-refractivity contribution in [2.45, 2.75) is 75.4 Å². The molecule has 0 aromatic heterocycles. The molecule has 6 rings (SSSR count). The van der Waals surface area contributed by atoms with E-state index in [0.29, 0.717) is 5.56 Å². The molecule has 1 aliphatic heterocycles. The fraction of sp³-hybridized carbons (Fsp3) is 0.548. The van der Waals surface area contributed by atoms with Crippen LogP contribution in [0.1, 0.15) is 45.0 Å². The van der Waals surface area contributed by atoms with Crippen molar-refractivity contribution >= 4 is 22.7 Å². The fourth-order valence-corrected chi connectivity index (χ4v) is 9.33. The molecule has 0 amide bonds. The van der Waals surface area contributed by atoms with Gasteiger partial charge < -0.3 is 19.3 Å². The van der Waals surface area contributed by atoms with Crippen molar-refractivity contribution in [2.24, 2.45) is 22.7 Å². The number of ketones is 1. The first-order chi connectivity index (χ1) is 20.1. The summed E-state index contributed by atoms with van der Waals surface area (Å²) in [6.07, 6.45) is -1.72. The van der Waals surface area contributed by atoms with Gasteiger partial charge in [-0.05, 0) is 62.0 Å². The minimum Gasteiger partial charge on any atom is -0.406 e. The number of benzene rings is 1. The summed E-state index contributed by atoms with van der Waals surface area (Å²) < 4.78 is 87.9. The third-order valence-corrected chi connectivity index (χ3v) is 11.2. The number of carbonyl (C=O) groups is 2. The van der Waals surface area contributed by atoms with Gasteiger partial charge in [-0.25, -0.2) is 8.78 Å². The van der Waals surface area contributed by atoms with Crippen LogP contribution in [-0.4, -0.2) is 57.8 Å². The quantitative estimate of drug-likeness (QED) is 0.347. The molecular formula is C31H29F5O6S. The number of thioether (sulfide) groups is 1. The predicted molar refractivity (Wildman–Crippen MR) is 145 cm³/mol. The Balaban J connectivity index is 1.39. The zero-order valence-corrected chi connectivity index (χ0v) is 24.0. The van der Waals surface area contributed by atoms with Crippen molar-refractivity contribution < 1.29 is 50.9 Å². The number of fused-ring (bicyclic) bond motifs is 7. The topological polar surface area (TPSA) is 82.1 Å². The molecule has 0 spiro atoms. The molecule has 230 valence electrons. The van der Waals surface area contributed by atoms with Crippen molar-refractivity contribution in [1.29, 1.82) is 0 Å². The number of hydrogen-bond acceptors (Lipinski definition) is 7. The summed E-state index contributed by atoms with van der Waals surface area (Å²) in [6.45, 7) is 3.20. The maximum atomic E-state index is 17.5. The van der Waals surface area contributed by atoms with Gasteiger partial charge in [0, 0.05) is 22.3 Å². The number of aliphatic hydroxyl groups excluding tert-OH is 1. The first kappa shape index (κ1) is 30.3. The van der Waals surface area contributed by atoms with Crippen LogP contribution in [-0.2, 0) is 19.1 Å². The van der Waals surface area contributed by atoms with E-state index in [4.69, 9.17) is 15.9 Å². The van der Waals surface area contributed by atoms with E-state index < -0.39 is 81.6 Å². The summed E-state index contributed by atoms with van der Waals surface area (Å²) in [7, 11) is 0. The second kappa shape index (κ2) is 9.89. The Morgan fingerprint density at radius 3 is 2.56 bits per heavy atom. The van der Waals surface area contributed by atoms with Gasteiger partial charge in [0.05, 0.1) is 18.0 Å². The van der Waals surface area contributed by atoms with Crippen LogP contribution in [0.25, 0.3) is 0 Å². The molecule has 10 atom stereocenters. The molecule has 3 saturated carbocycles. The van der Waals surface area contributed by atoms with Gasteiger partial charge in [0.15, 0.2) is 23.3 Å². The maximum Gasteiger partial charge on any atom is 0.573 e. The fourth-order valence-electron chi connectivity index (χ4n) is 8.49. The normalized spacial score (nSPS) is 43.1. The summed E-state index contributed by atoms with van der Waals surface area (Å²) in [6, 6.07) is 4.83. The highest BCUT2D eigenvalue weighted by atomic mass is 32.2. The molecule has 1 saturated heterocycles. The first-order valence-corrected chi connectivity index (χ1v) is 14.9. The number of ether oxygens (including phenoxy) is 3. The first-order valence-electron chi connectivity index (χ1n) is 13.9. The number of alkyl halides is 5. The van der Waals surface area contributed by atoms with Gasteiger partial charge >= 0.3 is 6.36 Å². The van der Waals surface area contributed by atoms with Gasteiger partial charge in [-0.1, -0.05) is 42.8 Å². The molecule has 5 aliphatic rings. The molecule has 0 radical (unpaired) electrons. The highest BCUT2D eigenvalue weighted by molar-refractivity contribution is 8.14. The number of allylic oxidation sites excluding steroid dienone is 4. The van der Waals surface area contributed by atoms with Gasteiger partial charge in [-0.3, -0.25) is 9.59 Å². The summed E-state index contributed by atoms with van der Waals surface area (Å²) in [4.78, 5) is 26.1. The molecule has 6 nitrogen and oxygen atoms in total. The minimum absolute atomic E-state index is 0.00217. The molecule has 1 unspecified atom stereocenters. The number of hydrogen-bond donors (Lipinski definition) is 1. The average Bonchev–Trinajstić information content (AvgIpc) is 3.43. The van der Waals surface area contributed by atoms with Gasteiger partial charge in [0.25, 0.3) is 0 Å². The van der Waals surface area contributed by atoms with Crippen molar-refractivity contribution in [1.82, 2.24) is 0 Å². The molecule has 4 aliphatic carbocycles. The van der Waals surface area contributed by atoms with E-state index in [-0.39, 0.29) is 30.6 Å². The Hall–Kier alpha value is -2.72. The number of carbonyl (C=O) groups excluding carboxylic acids is 2. The predicted octanol–water partition coefficient (Wildman–Crippen LogP) is 5.56. The molecular weight excluding hydrogens is 595 g/mol. The SMILES string of the molecule is C#CCSC(=O)[C@@]12OC(c3ccc(OC(F)(F)F)cc3)O[C@@H]1C[C@H]1[C@@H]3C[C@H](F)C4=CC(=O)C=C[C@]4(C)[C@@]3(F)[C@@H](O)C[C@@]12C. The average molecular weight is 625 g/mol. The summed E-state index contributed by atoms with van der Waals surface area (Å²) in [5.74, 6) is -0.246. The molecule has 43 heavy (non-hydrogen) atoms. The van der Waals surface area contributed by atoms with E-state index in [2.05, 4.69) is 10.7 Å². The minimum atomic E-state index is -4.88. The zero-order chi connectivity index (χ0) is 31.2. The number of aliphatic hydroxyl groups is 1. The van der Waals surface area contributed by atoms with E-state index in [0.717, 1.165) is 30.0 Å². The summed E-state index contributed by atoms with van der Waals surface area (Å²) in [5, 5.41) is 11.1. The second-order valence-electron chi connectivity index (χ2n) is 12.3. The van der Waals surface area contributed by atoms with E-state index >= 15 is 8.78 Å². The van der Waals surface area contributed by atoms with Gasteiger partial charge in [0.2, 0.25) is 5.12 Å². The van der Waals surface area contributed by atoms with Gasteiger partial charge in [0.1, 0.15) is 11.9 Å². The Labute approximate surface area is 249 Å². The Bertz CT molecular complexity index is 1450. The Morgan fingerprint density at radius 2 is 1.91 bits per heavy atom. The molecule has 1 aromatic rings. The van der Waals surface area contributed by atoms with Crippen LogP contribution in [0.2, 0.25) is 0 Å². The van der Waals surface area contributed by atoms with Crippen molar-refractivity contribution in [3.63, 3.8) is 0 Å². The van der Waals surface area contributed by atoms with E-state index in [1.54, 1.807) is 6.92 Å². The lowest BCUT2D eigenvalue weighted by atomic mass is 9.44. The summed E-state index contributed by atoms with van der Waals surface area (Å²) in [5.41, 5.74) is -6.62. The van der Waals surface area contributed by atoms with Crippen molar-refractivity contribution in [3.8, 4) is 18.1 Å². The van der Waals surface area contributed by atoms with Crippen molar-refractivity contribution in [3.05, 3.63) is 53.6 Å². The molecule has 12 heteroatoms. The molecule has 0 bridgehead atoms. The van der Waals surface area contributed by atoms with Crippen LogP contribution < -0.4 is 4.74 Å². The Kier molecular flexibility index (Phi) is 6.97. The molecule has 1 heterocycles. The summed E-state index contributed by atoms with van der Waals surface area (Å²) >= 11 is 0.817. The van der Waals surface area contributed by atoms with E-state index in [1.807, 2.05) is 0 Å². The van der Waals surface area contributed by atoms with Crippen LogP contribution in [0.5, 0.6) is 5.75 Å². The van der Waals surface area contributed by atoms with Crippen molar-refractivity contribution in [2.75, 3.05) is 5.75 Å². The molecule has 1 N–H and O–H groups in total. The zero-order valence-electron chi connectivity index (χ0n) is 23.2. The van der Waals surface area contributed by atoms with Crippen LogP contribution >= 0.6 is 11.8 Å². The second-order valence-corrected chi connectivity index (χ2v) is 13.3. The number of halogens is 5. The highest BCUT2D eigenvalue weighted by Crippen LogP contribution is 2.73. The Morgan fingerprint density at radius 1 is 1.21 bits per heavy atom. The lowest BCUT2D eigenvalue weighted by Gasteiger charge is -2.63. The standard InChI is InChI=1S/C31H29F5O6S/c1-4-11-43-26(39)30-24(40-25(42-30)16-5-7-18(8-6-16)41-31(34,35)36)14-19-20-13-22(32)21-12-17(37)9-10-27(21,2)29(20,33)23(38)15-28(19,30)3/h1,5-10,12,19-20,22-25,38H,11,13-15H2,2-3H3/t19-,20-,22-,23-,24+,25?,27-,28-,29-,30-/m0/s1. The maximum absolute atomic E-state index is 17.5. The monoisotopic (exact) mass is 624 g/mol. The molecule has 4 fully saturated rings. The largest absolute Gasteiger partial charge is 0.573 e. The number of terminal acetylenes is 1. The lowest BCUT2D eigenvalue weighted by Crippen LogP contribution is -2.70. The van der Waals surface area contributed by atoms with Crippen LogP contribution in [0, 0.1) is 35.0 Å². The third kappa shape index (κ3) is 4.18. The van der Waals surface area contributed by atoms with Gasteiger partial charge in [-0.15, -0.1) is 19.6 Å². The smallest absolute Gasteiger partial charge is 0.406 e. The third-order valence-electron chi connectivity index (χ3n) is 10.3. The van der Waals surface area contributed by atoms with E-state index in [9.17, 15) is 27.9 Å². The lowest BCUT2D eigenvalue weighted by molar-refractivity contribution is -0.274. The number of rotatable bonds is 4. The van der Waals surface area contributed by atoms with Crippen LogP contribution in [0.15, 0.2) is 48.1 Å². The van der Waals surface area contributed by atoms with E-state index in [1.165, 1.54) is 31.2 Å². The van der Waals surface area contributed by atoms with Crippen LogP contribution in [0.3, 0.4) is 0 Å². The van der Waals surface area contributed by atoms with Crippen LogP contribution in [0.4, 0.5) is 22.0 Å².